The summed E-state index contributed by atoms with van der Waals surface area (Å²) in [5.74, 6) is -2.27. The van der Waals surface area contributed by atoms with Crippen molar-refractivity contribution in [3.05, 3.63) is 84.9 Å². The lowest BCUT2D eigenvalue weighted by Gasteiger charge is -2.41. The molecule has 5 rings (SSSR count). The second-order valence-corrected chi connectivity index (χ2v) is 14.8. The first-order valence-corrected chi connectivity index (χ1v) is 16.7. The molecule has 3 amide bonds. The third-order valence-electron chi connectivity index (χ3n) is 8.93. The Kier molecular flexibility index (Phi) is 9.47. The summed E-state index contributed by atoms with van der Waals surface area (Å²) in [5, 5.41) is 10.8. The number of likely N-dealkylation sites (tertiary alicyclic amines) is 1. The van der Waals surface area contributed by atoms with E-state index in [1.807, 2.05) is 50.2 Å². The summed E-state index contributed by atoms with van der Waals surface area (Å²) in [4.78, 5) is 48.8. The molecule has 0 saturated carbocycles. The lowest BCUT2D eigenvalue weighted by molar-refractivity contribution is -0.142. The van der Waals surface area contributed by atoms with E-state index in [2.05, 4.69) is 29.1 Å². The molecular formula is C33H37BrClN3O4S. The van der Waals surface area contributed by atoms with Crippen molar-refractivity contribution in [3.8, 4) is 0 Å². The van der Waals surface area contributed by atoms with Crippen molar-refractivity contribution >= 4 is 68.4 Å². The Bertz CT molecular complexity index is 1410. The fourth-order valence-corrected chi connectivity index (χ4v) is 10.9. The third-order valence-corrected chi connectivity index (χ3v) is 12.5. The number of halogens is 2. The molecule has 1 spiro atoms. The lowest BCUT2D eigenvalue weighted by Crippen LogP contribution is -2.59. The molecule has 3 heterocycles. The number of aliphatic hydroxyl groups excluding tert-OH is 1. The quantitative estimate of drug-likeness (QED) is 0.248. The molecule has 43 heavy (non-hydrogen) atoms. The molecule has 0 aliphatic carbocycles. The standard InChI is InChI=1S/C33H37BrClN3O4S/c1-5-16-36(21-12-8-7-9-13-21)30(40)26-27-31(41)38(25(19-39)20(3)4)29(33(27)18-22(34)28(26)43-33)32(42)37(17-6-2)24-15-11-10-14-23(24)35/h5-15,20,22,25-29,39H,1-2,16-19H2,3-4H3/t22?,25-,26-,27-,28-,29?,33?/m0/s1. The van der Waals surface area contributed by atoms with E-state index in [-0.39, 0.29) is 53.4 Å². The smallest absolute Gasteiger partial charge is 0.251 e. The monoisotopic (exact) mass is 685 g/mol. The predicted octanol–water partition coefficient (Wildman–Crippen LogP) is 5.56. The molecule has 0 aromatic heterocycles. The summed E-state index contributed by atoms with van der Waals surface area (Å²) in [5.41, 5.74) is 1.25. The number of carbonyl (C=O) groups excluding carboxylic acids is 3. The van der Waals surface area contributed by atoms with Gasteiger partial charge in [-0.3, -0.25) is 14.4 Å². The highest BCUT2D eigenvalue weighted by atomic mass is 79.9. The van der Waals surface area contributed by atoms with Gasteiger partial charge in [-0.15, -0.1) is 24.9 Å². The van der Waals surface area contributed by atoms with Gasteiger partial charge in [0.15, 0.2) is 0 Å². The van der Waals surface area contributed by atoms with Crippen molar-refractivity contribution in [2.45, 2.75) is 47.2 Å². The number of thioether (sulfide) groups is 1. The molecule has 7 atom stereocenters. The van der Waals surface area contributed by atoms with Gasteiger partial charge in [-0.25, -0.2) is 0 Å². The van der Waals surface area contributed by atoms with E-state index in [0.717, 1.165) is 5.69 Å². The van der Waals surface area contributed by atoms with Crippen LogP contribution in [-0.2, 0) is 14.4 Å². The first-order chi connectivity index (χ1) is 20.6. The molecular weight excluding hydrogens is 650 g/mol. The minimum atomic E-state index is -0.918. The van der Waals surface area contributed by atoms with Crippen LogP contribution in [0.25, 0.3) is 0 Å². The molecule has 3 fully saturated rings. The average Bonchev–Trinajstić information content (AvgIpc) is 3.58. The Morgan fingerprint density at radius 2 is 1.72 bits per heavy atom. The van der Waals surface area contributed by atoms with E-state index < -0.39 is 28.7 Å². The van der Waals surface area contributed by atoms with Gasteiger partial charge in [0.25, 0.3) is 5.91 Å². The third kappa shape index (κ3) is 5.26. The molecule has 3 aliphatic rings. The van der Waals surface area contributed by atoms with Crippen molar-refractivity contribution in [1.82, 2.24) is 4.90 Å². The number of aliphatic hydroxyl groups is 1. The van der Waals surface area contributed by atoms with E-state index in [1.165, 1.54) is 0 Å². The molecule has 3 unspecified atom stereocenters. The maximum atomic E-state index is 14.9. The van der Waals surface area contributed by atoms with Gasteiger partial charge in [0.1, 0.15) is 6.04 Å². The molecule has 3 saturated heterocycles. The number of para-hydroxylation sites is 2. The number of hydrogen-bond donors (Lipinski definition) is 1. The number of benzene rings is 2. The van der Waals surface area contributed by atoms with Gasteiger partial charge in [0.05, 0.1) is 39.9 Å². The molecule has 3 aliphatic heterocycles. The minimum absolute atomic E-state index is 0.0908. The van der Waals surface area contributed by atoms with Gasteiger partial charge in [-0.05, 0) is 36.6 Å². The van der Waals surface area contributed by atoms with Gasteiger partial charge in [-0.1, -0.05) is 83.9 Å². The summed E-state index contributed by atoms with van der Waals surface area (Å²) < 4.78 is -0.882. The summed E-state index contributed by atoms with van der Waals surface area (Å²) in [6, 6.07) is 15.0. The van der Waals surface area contributed by atoms with Crippen LogP contribution in [0.5, 0.6) is 0 Å². The SMILES string of the molecule is C=CCN(C(=O)[C@H]1[C@H]2C(=O)N([C@@H](CO)C(C)C)C(C(=O)N(CC=C)c3ccccc3Cl)C23CC(Br)[C@@H]1S3)c1ccccc1. The number of carbonyl (C=O) groups is 3. The molecule has 2 aromatic carbocycles. The van der Waals surface area contributed by atoms with Gasteiger partial charge in [0.2, 0.25) is 11.8 Å². The van der Waals surface area contributed by atoms with E-state index >= 15 is 0 Å². The fourth-order valence-electron chi connectivity index (χ4n) is 7.10. The second-order valence-electron chi connectivity index (χ2n) is 11.7. The van der Waals surface area contributed by atoms with Crippen molar-refractivity contribution in [3.63, 3.8) is 0 Å². The molecule has 7 nitrogen and oxygen atoms in total. The number of alkyl halides is 1. The number of rotatable bonds is 11. The van der Waals surface area contributed by atoms with Crippen molar-refractivity contribution in [2.75, 3.05) is 29.5 Å². The van der Waals surface area contributed by atoms with E-state index in [1.54, 1.807) is 56.8 Å². The fraction of sp³-hybridized carbons (Fsp3) is 0.424. The van der Waals surface area contributed by atoms with Crippen LogP contribution in [0.4, 0.5) is 11.4 Å². The summed E-state index contributed by atoms with van der Waals surface area (Å²) in [6.07, 6.45) is 3.84. The number of nitrogens with zero attached hydrogens (tertiary/aromatic N) is 3. The maximum absolute atomic E-state index is 14.9. The Balaban J connectivity index is 1.65. The highest BCUT2D eigenvalue weighted by molar-refractivity contribution is 9.09. The highest BCUT2D eigenvalue weighted by Crippen LogP contribution is 2.68. The Morgan fingerprint density at radius 3 is 2.33 bits per heavy atom. The Morgan fingerprint density at radius 1 is 1.09 bits per heavy atom. The Hall–Kier alpha value is -2.59. The zero-order valence-electron chi connectivity index (χ0n) is 24.3. The van der Waals surface area contributed by atoms with E-state index in [0.29, 0.717) is 17.1 Å². The molecule has 10 heteroatoms. The van der Waals surface area contributed by atoms with Crippen LogP contribution in [0.15, 0.2) is 79.9 Å². The van der Waals surface area contributed by atoms with Gasteiger partial charge >= 0.3 is 0 Å². The first kappa shape index (κ1) is 31.8. The zero-order chi connectivity index (χ0) is 31.1. The first-order valence-electron chi connectivity index (χ1n) is 14.5. The number of amides is 3. The van der Waals surface area contributed by atoms with Crippen LogP contribution in [0.2, 0.25) is 5.02 Å². The van der Waals surface area contributed by atoms with Gasteiger partial charge in [0, 0.05) is 28.9 Å². The molecule has 2 aromatic rings. The van der Waals surface area contributed by atoms with Crippen LogP contribution in [0.1, 0.15) is 20.3 Å². The largest absolute Gasteiger partial charge is 0.394 e. The summed E-state index contributed by atoms with van der Waals surface area (Å²) in [6.45, 7) is 11.8. The van der Waals surface area contributed by atoms with Crippen molar-refractivity contribution < 1.29 is 19.5 Å². The normalized spacial score (nSPS) is 28.1. The molecule has 2 bridgehead atoms. The predicted molar refractivity (Wildman–Crippen MR) is 178 cm³/mol. The van der Waals surface area contributed by atoms with Crippen LogP contribution >= 0.6 is 39.3 Å². The van der Waals surface area contributed by atoms with Crippen LogP contribution < -0.4 is 9.80 Å². The minimum Gasteiger partial charge on any atom is -0.394 e. The average molecular weight is 687 g/mol. The Labute approximate surface area is 271 Å². The molecule has 0 radical (unpaired) electrons. The van der Waals surface area contributed by atoms with Crippen LogP contribution in [-0.4, -0.2) is 74.3 Å². The molecule has 228 valence electrons. The maximum Gasteiger partial charge on any atom is 0.251 e. The zero-order valence-corrected chi connectivity index (χ0v) is 27.5. The number of anilines is 2. The lowest BCUT2D eigenvalue weighted by atomic mass is 9.70. The van der Waals surface area contributed by atoms with E-state index in [9.17, 15) is 19.5 Å². The van der Waals surface area contributed by atoms with Gasteiger partial charge in [-0.2, -0.15) is 0 Å². The van der Waals surface area contributed by atoms with Crippen LogP contribution in [0.3, 0.4) is 0 Å². The van der Waals surface area contributed by atoms with Crippen molar-refractivity contribution in [2.24, 2.45) is 17.8 Å². The highest BCUT2D eigenvalue weighted by Gasteiger charge is 2.76. The van der Waals surface area contributed by atoms with Crippen molar-refractivity contribution in [1.29, 1.82) is 0 Å². The topological polar surface area (TPSA) is 81.2 Å². The van der Waals surface area contributed by atoms with E-state index in [4.69, 9.17) is 11.6 Å². The molecule has 1 N–H and O–H groups in total. The number of hydrogen-bond acceptors (Lipinski definition) is 5. The second kappa shape index (κ2) is 12.8. The van der Waals surface area contributed by atoms with Crippen LogP contribution in [0, 0.1) is 17.8 Å². The van der Waals surface area contributed by atoms with Gasteiger partial charge < -0.3 is 19.8 Å². The summed E-state index contributed by atoms with van der Waals surface area (Å²) in [7, 11) is 0. The summed E-state index contributed by atoms with van der Waals surface area (Å²) >= 11 is 12.0. The number of fused-ring (bicyclic) bond motifs is 1.